The first-order valence-electron chi connectivity index (χ1n) is 8.20. The molecule has 1 aliphatic carbocycles. The summed E-state index contributed by atoms with van der Waals surface area (Å²) >= 11 is 0. The Kier molecular flexibility index (Phi) is 3.65. The summed E-state index contributed by atoms with van der Waals surface area (Å²) < 4.78 is 1.82. The molecule has 2 aromatic carbocycles. The molecule has 0 saturated heterocycles. The molecular weight excluding hydrogens is 298 g/mol. The smallest absolute Gasteiger partial charge is 0.269 e. The van der Waals surface area contributed by atoms with Crippen molar-refractivity contribution in [3.63, 3.8) is 0 Å². The fraction of sp³-hybridized carbons (Fsp3) is 0.200. The minimum atomic E-state index is -0.0847. The molecule has 4 nitrogen and oxygen atoms in total. The summed E-state index contributed by atoms with van der Waals surface area (Å²) in [5, 5.41) is 3.10. The zero-order valence-electron chi connectivity index (χ0n) is 13.4. The maximum absolute atomic E-state index is 12.6. The van der Waals surface area contributed by atoms with E-state index in [4.69, 9.17) is 0 Å². The van der Waals surface area contributed by atoms with Gasteiger partial charge in [-0.1, -0.05) is 48.5 Å². The van der Waals surface area contributed by atoms with Crippen LogP contribution in [0, 0.1) is 0 Å². The molecule has 4 rings (SSSR count). The van der Waals surface area contributed by atoms with Crippen LogP contribution in [0.5, 0.6) is 0 Å². The topological polar surface area (TPSA) is 46.9 Å². The number of benzene rings is 2. The van der Waals surface area contributed by atoms with Crippen molar-refractivity contribution in [3.8, 4) is 5.69 Å². The van der Waals surface area contributed by atoms with Crippen LogP contribution >= 0.6 is 0 Å². The van der Waals surface area contributed by atoms with Gasteiger partial charge >= 0.3 is 0 Å². The molecule has 1 aromatic heterocycles. The third-order valence-corrected chi connectivity index (χ3v) is 4.73. The highest BCUT2D eigenvalue weighted by atomic mass is 16.2. The Morgan fingerprint density at radius 2 is 1.71 bits per heavy atom. The summed E-state index contributed by atoms with van der Waals surface area (Å²) in [6.07, 6.45) is 5.53. The van der Waals surface area contributed by atoms with Crippen LogP contribution in [0.2, 0.25) is 0 Å². The van der Waals surface area contributed by atoms with Crippen molar-refractivity contribution >= 4 is 5.91 Å². The number of rotatable bonds is 5. The van der Waals surface area contributed by atoms with E-state index in [2.05, 4.69) is 34.6 Å². The van der Waals surface area contributed by atoms with Gasteiger partial charge in [-0.15, -0.1) is 0 Å². The van der Waals surface area contributed by atoms with Crippen LogP contribution in [-0.4, -0.2) is 22.0 Å². The Hall–Kier alpha value is -2.88. The fourth-order valence-corrected chi connectivity index (χ4v) is 3.11. The highest BCUT2D eigenvalue weighted by Gasteiger charge is 2.44. The van der Waals surface area contributed by atoms with Gasteiger partial charge in [0.1, 0.15) is 5.69 Å². The van der Waals surface area contributed by atoms with Crippen LogP contribution in [0.25, 0.3) is 5.69 Å². The van der Waals surface area contributed by atoms with Crippen molar-refractivity contribution in [3.05, 3.63) is 84.4 Å². The lowest BCUT2D eigenvalue weighted by atomic mass is 9.96. The lowest BCUT2D eigenvalue weighted by Crippen LogP contribution is -2.33. The number of carbonyl (C=O) groups is 1. The number of para-hydroxylation sites is 1. The van der Waals surface area contributed by atoms with Crippen LogP contribution in [-0.2, 0) is 5.41 Å². The number of hydrogen-bond acceptors (Lipinski definition) is 2. The van der Waals surface area contributed by atoms with Gasteiger partial charge < -0.3 is 5.32 Å². The van der Waals surface area contributed by atoms with Crippen molar-refractivity contribution < 1.29 is 4.79 Å². The van der Waals surface area contributed by atoms with E-state index in [0.29, 0.717) is 12.2 Å². The summed E-state index contributed by atoms with van der Waals surface area (Å²) in [5.41, 5.74) is 2.91. The molecule has 1 amide bonds. The van der Waals surface area contributed by atoms with Crippen molar-refractivity contribution in [1.82, 2.24) is 14.9 Å². The Morgan fingerprint density at radius 1 is 1.04 bits per heavy atom. The van der Waals surface area contributed by atoms with Gasteiger partial charge in [0.05, 0.1) is 12.5 Å². The molecule has 24 heavy (non-hydrogen) atoms. The number of amides is 1. The first kappa shape index (κ1) is 14.7. The van der Waals surface area contributed by atoms with E-state index < -0.39 is 0 Å². The molecule has 0 atom stereocenters. The van der Waals surface area contributed by atoms with Crippen LogP contribution in [0.15, 0.2) is 73.2 Å². The van der Waals surface area contributed by atoms with E-state index in [-0.39, 0.29) is 11.3 Å². The molecule has 0 spiro atoms. The van der Waals surface area contributed by atoms with Gasteiger partial charge in [-0.05, 0) is 30.5 Å². The monoisotopic (exact) mass is 317 g/mol. The average molecular weight is 317 g/mol. The SMILES string of the molecule is O=C(NCC1(c2ccccc2)CC1)c1cncn1-c1ccccc1. The van der Waals surface area contributed by atoms with Gasteiger partial charge in [-0.3, -0.25) is 9.36 Å². The molecule has 0 aliphatic heterocycles. The molecule has 1 fully saturated rings. The zero-order valence-corrected chi connectivity index (χ0v) is 13.4. The molecule has 0 radical (unpaired) electrons. The van der Waals surface area contributed by atoms with E-state index in [1.165, 1.54) is 5.56 Å². The minimum absolute atomic E-state index is 0.0847. The van der Waals surface area contributed by atoms with Crippen molar-refractivity contribution in [2.45, 2.75) is 18.3 Å². The number of imidazole rings is 1. The van der Waals surface area contributed by atoms with Gasteiger partial charge in [0.2, 0.25) is 0 Å². The Labute approximate surface area is 141 Å². The van der Waals surface area contributed by atoms with Gasteiger partial charge in [0.15, 0.2) is 0 Å². The van der Waals surface area contributed by atoms with Gasteiger partial charge in [0.25, 0.3) is 5.91 Å². The van der Waals surface area contributed by atoms with E-state index in [0.717, 1.165) is 18.5 Å². The fourth-order valence-electron chi connectivity index (χ4n) is 3.11. The molecule has 1 aliphatic rings. The van der Waals surface area contributed by atoms with E-state index in [9.17, 15) is 4.79 Å². The first-order chi connectivity index (χ1) is 11.8. The number of nitrogens with one attached hydrogen (secondary N) is 1. The van der Waals surface area contributed by atoms with Gasteiger partial charge in [-0.2, -0.15) is 0 Å². The van der Waals surface area contributed by atoms with Gasteiger partial charge in [0, 0.05) is 17.6 Å². The van der Waals surface area contributed by atoms with Gasteiger partial charge in [-0.25, -0.2) is 4.98 Å². The molecule has 1 saturated carbocycles. The predicted octanol–water partition coefficient (Wildman–Crippen LogP) is 3.33. The molecule has 0 bridgehead atoms. The van der Waals surface area contributed by atoms with Crippen LogP contribution in [0.1, 0.15) is 28.9 Å². The third kappa shape index (κ3) is 2.71. The lowest BCUT2D eigenvalue weighted by molar-refractivity contribution is 0.0943. The summed E-state index contributed by atoms with van der Waals surface area (Å²) in [7, 11) is 0. The maximum Gasteiger partial charge on any atom is 0.269 e. The van der Waals surface area contributed by atoms with E-state index >= 15 is 0 Å². The second-order valence-electron chi connectivity index (χ2n) is 6.31. The molecule has 120 valence electrons. The normalized spacial score (nSPS) is 15.0. The van der Waals surface area contributed by atoms with Crippen LogP contribution in [0.3, 0.4) is 0 Å². The Morgan fingerprint density at radius 3 is 2.38 bits per heavy atom. The van der Waals surface area contributed by atoms with Crippen molar-refractivity contribution in [2.75, 3.05) is 6.54 Å². The number of hydrogen-bond donors (Lipinski definition) is 1. The van der Waals surface area contributed by atoms with Crippen molar-refractivity contribution in [1.29, 1.82) is 0 Å². The third-order valence-electron chi connectivity index (χ3n) is 4.73. The molecule has 1 heterocycles. The van der Waals surface area contributed by atoms with Crippen LogP contribution < -0.4 is 5.32 Å². The van der Waals surface area contributed by atoms with E-state index in [1.54, 1.807) is 12.5 Å². The lowest BCUT2D eigenvalue weighted by Gasteiger charge is -2.17. The van der Waals surface area contributed by atoms with E-state index in [1.807, 2.05) is 41.0 Å². The molecular formula is C20H19N3O. The Bertz CT molecular complexity index is 836. The van der Waals surface area contributed by atoms with Crippen molar-refractivity contribution in [2.24, 2.45) is 0 Å². The number of carbonyl (C=O) groups excluding carboxylic acids is 1. The molecule has 1 N–H and O–H groups in total. The summed E-state index contributed by atoms with van der Waals surface area (Å²) in [5.74, 6) is -0.0847. The maximum atomic E-state index is 12.6. The second-order valence-corrected chi connectivity index (χ2v) is 6.31. The largest absolute Gasteiger partial charge is 0.350 e. The number of aromatic nitrogens is 2. The second kappa shape index (κ2) is 5.96. The summed E-state index contributed by atoms with van der Waals surface area (Å²) in [6, 6.07) is 20.2. The zero-order chi connectivity index (χ0) is 16.4. The number of nitrogens with zero attached hydrogens (tertiary/aromatic N) is 2. The highest BCUT2D eigenvalue weighted by Crippen LogP contribution is 2.47. The Balaban J connectivity index is 1.50. The molecule has 0 unspecified atom stereocenters. The minimum Gasteiger partial charge on any atom is -0.350 e. The first-order valence-corrected chi connectivity index (χ1v) is 8.20. The highest BCUT2D eigenvalue weighted by molar-refractivity contribution is 5.93. The summed E-state index contributed by atoms with van der Waals surface area (Å²) in [6.45, 7) is 0.663. The molecule has 3 aromatic rings. The predicted molar refractivity (Wildman–Crippen MR) is 93.3 cm³/mol. The standard InChI is InChI=1S/C20H19N3O/c24-19(18-13-21-15-23(18)17-9-5-2-6-10-17)22-14-20(11-12-20)16-7-3-1-4-8-16/h1-10,13,15H,11-12,14H2,(H,22,24). The average Bonchev–Trinajstić information content (AvgIpc) is 3.28. The van der Waals surface area contributed by atoms with Crippen LogP contribution in [0.4, 0.5) is 0 Å². The quantitative estimate of drug-likeness (QED) is 0.784. The molecule has 4 heteroatoms. The summed E-state index contributed by atoms with van der Waals surface area (Å²) in [4.78, 5) is 16.8.